The first kappa shape index (κ1) is 19.6. The van der Waals surface area contributed by atoms with Gasteiger partial charge in [0.05, 0.1) is 4.90 Å². The molecule has 27 heavy (non-hydrogen) atoms. The van der Waals surface area contributed by atoms with Crippen molar-refractivity contribution in [3.05, 3.63) is 71.5 Å². The molecule has 142 valence electrons. The highest BCUT2D eigenvalue weighted by atomic mass is 32.2. The molecular weight excluding hydrogens is 380 g/mol. The van der Waals surface area contributed by atoms with E-state index in [4.69, 9.17) is 0 Å². The molecule has 1 aromatic heterocycles. The van der Waals surface area contributed by atoms with Gasteiger partial charge in [0, 0.05) is 11.8 Å². The minimum absolute atomic E-state index is 0.270. The molecule has 1 unspecified atom stereocenters. The van der Waals surface area contributed by atoms with Gasteiger partial charge in [-0.05, 0) is 38.0 Å². The van der Waals surface area contributed by atoms with Crippen LogP contribution in [0.4, 0.5) is 0 Å². The number of nitrogens with zero attached hydrogens (tertiary/aromatic N) is 2. The van der Waals surface area contributed by atoms with Gasteiger partial charge in [0.15, 0.2) is 0 Å². The van der Waals surface area contributed by atoms with Crippen molar-refractivity contribution in [2.45, 2.75) is 36.4 Å². The van der Waals surface area contributed by atoms with Crippen LogP contribution in [-0.4, -0.2) is 29.4 Å². The van der Waals surface area contributed by atoms with Crippen LogP contribution in [0.3, 0.4) is 0 Å². The number of hydrogen-bond donors (Lipinski definition) is 2. The lowest BCUT2D eigenvalue weighted by atomic mass is 10.1. The van der Waals surface area contributed by atoms with Crippen molar-refractivity contribution in [1.29, 1.82) is 0 Å². The van der Waals surface area contributed by atoms with Crippen molar-refractivity contribution >= 4 is 21.8 Å². The highest BCUT2D eigenvalue weighted by molar-refractivity contribution is 7.99. The minimum atomic E-state index is -3.61. The van der Waals surface area contributed by atoms with E-state index in [1.165, 1.54) is 11.8 Å². The second-order valence-electron chi connectivity index (χ2n) is 6.24. The molecule has 0 aliphatic carbocycles. The number of aromatic amines is 1. The average molecular weight is 403 g/mol. The number of H-pyrrole nitrogens is 1. The predicted molar refractivity (Wildman–Crippen MR) is 107 cm³/mol. The first-order valence-corrected chi connectivity index (χ1v) is 11.1. The largest absolute Gasteiger partial charge is 0.262 e. The molecule has 2 N–H and O–H groups in total. The lowest BCUT2D eigenvalue weighted by Gasteiger charge is -2.19. The van der Waals surface area contributed by atoms with Crippen LogP contribution >= 0.6 is 11.8 Å². The van der Waals surface area contributed by atoms with Crippen molar-refractivity contribution in [3.63, 3.8) is 0 Å². The van der Waals surface area contributed by atoms with E-state index >= 15 is 0 Å². The molecule has 0 bridgehead atoms. The van der Waals surface area contributed by atoms with Gasteiger partial charge in [-0.1, -0.05) is 59.8 Å². The van der Waals surface area contributed by atoms with Crippen molar-refractivity contribution in [2.24, 2.45) is 0 Å². The first-order valence-electron chi connectivity index (χ1n) is 8.60. The summed E-state index contributed by atoms with van der Waals surface area (Å²) in [5, 5.41) is 7.58. The second-order valence-corrected chi connectivity index (χ2v) is 9.01. The van der Waals surface area contributed by atoms with Gasteiger partial charge in [-0.25, -0.2) is 18.1 Å². The Morgan fingerprint density at radius 1 is 1.07 bits per heavy atom. The topological polar surface area (TPSA) is 87.7 Å². The van der Waals surface area contributed by atoms with Crippen LogP contribution in [-0.2, 0) is 10.0 Å². The number of nitrogens with one attached hydrogen (secondary N) is 2. The van der Waals surface area contributed by atoms with Crippen LogP contribution in [0.15, 0.2) is 64.6 Å². The Labute approximate surface area is 163 Å². The monoisotopic (exact) mass is 402 g/mol. The quantitative estimate of drug-likeness (QED) is 0.562. The Balaban J connectivity index is 1.74. The van der Waals surface area contributed by atoms with Crippen LogP contribution < -0.4 is 4.72 Å². The number of rotatable bonds is 8. The lowest BCUT2D eigenvalue weighted by molar-refractivity contribution is 0.551. The van der Waals surface area contributed by atoms with Gasteiger partial charge in [0.1, 0.15) is 5.82 Å². The maximum Gasteiger partial charge on any atom is 0.241 e. The zero-order chi connectivity index (χ0) is 19.3. The fourth-order valence-corrected chi connectivity index (χ4v) is 4.71. The maximum absolute atomic E-state index is 12.8. The number of aryl methyl sites for hydroxylation is 2. The fourth-order valence-electron chi connectivity index (χ4n) is 2.61. The summed E-state index contributed by atoms with van der Waals surface area (Å²) in [4.78, 5) is 4.54. The SMILES string of the molecule is Cc1ccc(S(=O)(=O)NC(CCSc2n[nH]c(C)n2)c2ccccc2)cc1. The number of aromatic nitrogens is 3. The molecule has 0 aliphatic heterocycles. The van der Waals surface area contributed by atoms with E-state index in [2.05, 4.69) is 19.9 Å². The molecule has 0 spiro atoms. The number of benzene rings is 2. The first-order chi connectivity index (χ1) is 12.9. The molecule has 0 saturated carbocycles. The van der Waals surface area contributed by atoms with E-state index in [1.807, 2.05) is 44.2 Å². The summed E-state index contributed by atoms with van der Waals surface area (Å²) in [7, 11) is -3.61. The summed E-state index contributed by atoms with van der Waals surface area (Å²) >= 11 is 1.50. The predicted octanol–water partition coefficient (Wildman–Crippen LogP) is 3.62. The summed E-state index contributed by atoms with van der Waals surface area (Å²) < 4.78 is 28.5. The normalized spacial score (nSPS) is 12.8. The Hall–Kier alpha value is -2.16. The van der Waals surface area contributed by atoms with Crippen LogP contribution in [0.25, 0.3) is 0 Å². The summed E-state index contributed by atoms with van der Waals surface area (Å²) in [6.07, 6.45) is 0.618. The molecule has 0 amide bonds. The molecule has 3 rings (SSSR count). The van der Waals surface area contributed by atoms with E-state index in [0.717, 1.165) is 17.0 Å². The molecule has 6 nitrogen and oxygen atoms in total. The summed E-state index contributed by atoms with van der Waals surface area (Å²) in [5.41, 5.74) is 1.95. The molecule has 3 aromatic rings. The van der Waals surface area contributed by atoms with Gasteiger partial charge in [-0.3, -0.25) is 5.10 Å². The number of thioether (sulfide) groups is 1. The highest BCUT2D eigenvalue weighted by Gasteiger charge is 2.21. The van der Waals surface area contributed by atoms with Gasteiger partial charge in [-0.2, -0.15) is 0 Å². The van der Waals surface area contributed by atoms with Crippen molar-refractivity contribution in [3.8, 4) is 0 Å². The van der Waals surface area contributed by atoms with Crippen LogP contribution in [0.2, 0.25) is 0 Å². The Kier molecular flexibility index (Phi) is 6.30. The Morgan fingerprint density at radius 2 is 1.78 bits per heavy atom. The third kappa shape index (κ3) is 5.41. The summed E-state index contributed by atoms with van der Waals surface area (Å²) in [6, 6.07) is 16.1. The number of sulfonamides is 1. The van der Waals surface area contributed by atoms with E-state index < -0.39 is 10.0 Å². The molecule has 0 saturated heterocycles. The van der Waals surface area contributed by atoms with E-state index in [9.17, 15) is 8.42 Å². The van der Waals surface area contributed by atoms with Crippen LogP contribution in [0, 0.1) is 13.8 Å². The minimum Gasteiger partial charge on any atom is -0.262 e. The zero-order valence-corrected chi connectivity index (χ0v) is 16.8. The van der Waals surface area contributed by atoms with Gasteiger partial charge in [0.2, 0.25) is 15.2 Å². The molecule has 1 heterocycles. The molecule has 8 heteroatoms. The van der Waals surface area contributed by atoms with Crippen LogP contribution in [0.5, 0.6) is 0 Å². The Morgan fingerprint density at radius 3 is 2.41 bits per heavy atom. The second kappa shape index (κ2) is 8.69. The van der Waals surface area contributed by atoms with Crippen molar-refractivity contribution in [1.82, 2.24) is 19.9 Å². The summed E-state index contributed by atoms with van der Waals surface area (Å²) in [5.74, 6) is 1.45. The number of hydrogen-bond acceptors (Lipinski definition) is 5. The fraction of sp³-hybridized carbons (Fsp3) is 0.263. The van der Waals surface area contributed by atoms with Gasteiger partial charge in [-0.15, -0.1) is 5.10 Å². The third-order valence-corrected chi connectivity index (χ3v) is 6.41. The maximum atomic E-state index is 12.8. The van der Waals surface area contributed by atoms with Gasteiger partial charge >= 0.3 is 0 Å². The van der Waals surface area contributed by atoms with E-state index in [1.54, 1.807) is 24.3 Å². The molecule has 0 aliphatic rings. The van der Waals surface area contributed by atoms with Crippen molar-refractivity contribution < 1.29 is 8.42 Å². The summed E-state index contributed by atoms with van der Waals surface area (Å²) in [6.45, 7) is 3.78. The smallest absolute Gasteiger partial charge is 0.241 e. The standard InChI is InChI=1S/C19H22N4O2S2/c1-14-8-10-17(11-9-14)27(24,25)23-18(16-6-4-3-5-7-16)12-13-26-19-20-15(2)21-22-19/h3-11,18,23H,12-13H2,1-2H3,(H,20,21,22). The zero-order valence-electron chi connectivity index (χ0n) is 15.2. The van der Waals surface area contributed by atoms with Crippen LogP contribution in [0.1, 0.15) is 29.4 Å². The van der Waals surface area contributed by atoms with Gasteiger partial charge < -0.3 is 0 Å². The molecular formula is C19H22N4O2S2. The average Bonchev–Trinajstić information content (AvgIpc) is 3.07. The van der Waals surface area contributed by atoms with Gasteiger partial charge in [0.25, 0.3) is 0 Å². The molecule has 0 radical (unpaired) electrons. The van der Waals surface area contributed by atoms with Crippen molar-refractivity contribution in [2.75, 3.05) is 5.75 Å². The Bertz CT molecular complexity index is 970. The molecule has 1 atom stereocenters. The highest BCUT2D eigenvalue weighted by Crippen LogP contribution is 2.24. The molecule has 0 fully saturated rings. The molecule has 2 aromatic carbocycles. The van der Waals surface area contributed by atoms with E-state index in [-0.39, 0.29) is 10.9 Å². The lowest BCUT2D eigenvalue weighted by Crippen LogP contribution is -2.29. The third-order valence-electron chi connectivity index (χ3n) is 4.05. The van der Waals surface area contributed by atoms with E-state index in [0.29, 0.717) is 17.3 Å².